The number of hydrogen-bond acceptors (Lipinski definition) is 6. The maximum Gasteiger partial charge on any atom is 0.407 e. The first kappa shape index (κ1) is 27.9. The maximum absolute atomic E-state index is 13.3. The van der Waals surface area contributed by atoms with Gasteiger partial charge in [-0.15, -0.1) is 0 Å². The molecule has 1 saturated heterocycles. The predicted molar refractivity (Wildman–Crippen MR) is 151 cm³/mol. The molecule has 0 aliphatic carbocycles. The predicted octanol–water partition coefficient (Wildman–Crippen LogP) is 5.36. The molecule has 2 aromatic carbocycles. The number of nitrogens with two attached hydrogens (primary N) is 1. The highest BCUT2D eigenvalue weighted by Gasteiger charge is 2.37. The maximum atomic E-state index is 13.3. The summed E-state index contributed by atoms with van der Waals surface area (Å²) >= 11 is 0. The summed E-state index contributed by atoms with van der Waals surface area (Å²) in [7, 11) is -3.65. The van der Waals surface area contributed by atoms with E-state index in [-0.39, 0.29) is 10.8 Å². The summed E-state index contributed by atoms with van der Waals surface area (Å²) in [6, 6.07) is 15.0. The van der Waals surface area contributed by atoms with Crippen molar-refractivity contribution >= 4 is 32.8 Å². The van der Waals surface area contributed by atoms with Gasteiger partial charge in [0.1, 0.15) is 11.4 Å². The molecular formula is C29H38N4O4S. The number of unbranched alkanes of at least 4 members (excludes halogenated alkanes) is 2. The van der Waals surface area contributed by atoms with Crippen molar-refractivity contribution in [2.75, 3.05) is 25.4 Å². The molecular weight excluding hydrogens is 500 g/mol. The monoisotopic (exact) mass is 538 g/mol. The summed E-state index contributed by atoms with van der Waals surface area (Å²) < 4.78 is 33.2. The number of hydrogen-bond donors (Lipinski definition) is 2. The highest BCUT2D eigenvalue weighted by atomic mass is 32.2. The van der Waals surface area contributed by atoms with Gasteiger partial charge < -0.3 is 15.8 Å². The number of fused-ring (bicyclic) bond motifs is 1. The van der Waals surface area contributed by atoms with E-state index in [0.29, 0.717) is 25.5 Å². The van der Waals surface area contributed by atoms with Gasteiger partial charge in [-0.2, -0.15) is 4.31 Å². The van der Waals surface area contributed by atoms with Gasteiger partial charge in [0.05, 0.1) is 10.4 Å². The SMILES string of the molecule is CCCCCc1cc2ccc(-c3cccc(S(=O)(=O)N4CC(CNC(=O)OC(C)(C)C)C4)c3)cc2nc1N. The first-order valence-electron chi connectivity index (χ1n) is 13.2. The average molecular weight is 539 g/mol. The van der Waals surface area contributed by atoms with Crippen molar-refractivity contribution in [2.45, 2.75) is 63.9 Å². The molecule has 0 unspecified atom stereocenters. The van der Waals surface area contributed by atoms with E-state index in [4.69, 9.17) is 10.5 Å². The summed E-state index contributed by atoms with van der Waals surface area (Å²) in [5.41, 5.74) is 9.20. The van der Waals surface area contributed by atoms with E-state index in [1.165, 1.54) is 4.31 Å². The minimum Gasteiger partial charge on any atom is -0.444 e. The van der Waals surface area contributed by atoms with Gasteiger partial charge in [-0.25, -0.2) is 18.2 Å². The van der Waals surface area contributed by atoms with Gasteiger partial charge in [-0.1, -0.05) is 44.0 Å². The van der Waals surface area contributed by atoms with E-state index in [1.54, 1.807) is 39.0 Å². The smallest absolute Gasteiger partial charge is 0.407 e. The number of benzene rings is 2. The zero-order chi connectivity index (χ0) is 27.5. The number of pyridine rings is 1. The number of amides is 1. The summed E-state index contributed by atoms with van der Waals surface area (Å²) in [5, 5.41) is 3.74. The van der Waals surface area contributed by atoms with Crippen LogP contribution in [-0.4, -0.2) is 49.0 Å². The summed E-state index contributed by atoms with van der Waals surface area (Å²) in [5.74, 6) is 0.597. The molecule has 1 amide bonds. The van der Waals surface area contributed by atoms with Crippen molar-refractivity contribution in [2.24, 2.45) is 5.92 Å². The third kappa shape index (κ3) is 6.63. The minimum absolute atomic E-state index is 0.0457. The molecule has 1 aliphatic rings. The molecule has 204 valence electrons. The molecule has 9 heteroatoms. The fraction of sp³-hybridized carbons (Fsp3) is 0.448. The van der Waals surface area contributed by atoms with Crippen LogP contribution in [0.5, 0.6) is 0 Å². The number of carbonyl (C=O) groups is 1. The van der Waals surface area contributed by atoms with Gasteiger partial charge in [-0.05, 0) is 74.6 Å². The summed E-state index contributed by atoms with van der Waals surface area (Å²) in [6.45, 7) is 8.64. The van der Waals surface area contributed by atoms with Gasteiger partial charge in [0.2, 0.25) is 10.0 Å². The number of anilines is 1. The van der Waals surface area contributed by atoms with Crippen LogP contribution in [0.4, 0.5) is 10.6 Å². The molecule has 1 aliphatic heterocycles. The largest absolute Gasteiger partial charge is 0.444 e. The number of rotatable bonds is 9. The number of nitrogen functional groups attached to an aromatic ring is 1. The van der Waals surface area contributed by atoms with Crippen LogP contribution in [0.15, 0.2) is 53.4 Å². The van der Waals surface area contributed by atoms with Crippen LogP contribution in [0.2, 0.25) is 0 Å². The standard InChI is InChI=1S/C29H38N4O4S/c1-5-6-7-9-24-14-23-13-12-22(16-26(23)32-27(24)30)21-10-8-11-25(15-21)38(35,36)33-18-20(19-33)17-31-28(34)37-29(2,3)4/h8,10-16,20H,5-7,9,17-19H2,1-4H3,(H2,30,32)(H,31,34). The molecule has 3 N–H and O–H groups in total. The van der Waals surface area contributed by atoms with E-state index >= 15 is 0 Å². The Bertz CT molecular complexity index is 1410. The number of ether oxygens (including phenoxy) is 1. The van der Waals surface area contributed by atoms with E-state index in [1.807, 2.05) is 24.3 Å². The summed E-state index contributed by atoms with van der Waals surface area (Å²) in [6.07, 6.45) is 3.83. The van der Waals surface area contributed by atoms with E-state index in [0.717, 1.165) is 53.3 Å². The fourth-order valence-electron chi connectivity index (χ4n) is 4.55. The van der Waals surface area contributed by atoms with Gasteiger partial charge >= 0.3 is 6.09 Å². The Morgan fingerprint density at radius 1 is 1.11 bits per heavy atom. The van der Waals surface area contributed by atoms with Crippen LogP contribution in [-0.2, 0) is 21.2 Å². The van der Waals surface area contributed by atoms with Gasteiger partial charge in [0.15, 0.2) is 0 Å². The Morgan fingerprint density at radius 3 is 2.55 bits per heavy atom. The van der Waals surface area contributed by atoms with Gasteiger partial charge in [0.25, 0.3) is 0 Å². The second-order valence-electron chi connectivity index (χ2n) is 11.0. The zero-order valence-corrected chi connectivity index (χ0v) is 23.5. The number of sulfonamides is 1. The Hall–Kier alpha value is -3.17. The lowest BCUT2D eigenvalue weighted by Gasteiger charge is -2.38. The van der Waals surface area contributed by atoms with E-state index in [2.05, 4.69) is 23.3 Å². The van der Waals surface area contributed by atoms with Gasteiger partial charge in [0, 0.05) is 30.9 Å². The van der Waals surface area contributed by atoms with Crippen molar-refractivity contribution in [1.82, 2.24) is 14.6 Å². The van der Waals surface area contributed by atoms with Crippen LogP contribution in [0.1, 0.15) is 52.5 Å². The molecule has 0 spiro atoms. The molecule has 38 heavy (non-hydrogen) atoms. The molecule has 4 rings (SSSR count). The normalized spacial score (nSPS) is 14.8. The molecule has 1 aromatic heterocycles. The summed E-state index contributed by atoms with van der Waals surface area (Å²) in [4.78, 5) is 16.7. The molecule has 0 bridgehead atoms. The second-order valence-corrected chi connectivity index (χ2v) is 12.9. The van der Waals surface area contributed by atoms with Crippen LogP contribution in [0.3, 0.4) is 0 Å². The number of aryl methyl sites for hydroxylation is 1. The first-order valence-corrected chi connectivity index (χ1v) is 14.7. The molecule has 0 radical (unpaired) electrons. The highest BCUT2D eigenvalue weighted by Crippen LogP contribution is 2.30. The van der Waals surface area contributed by atoms with Crippen LogP contribution in [0.25, 0.3) is 22.0 Å². The Labute approximate surface area is 225 Å². The van der Waals surface area contributed by atoms with Crippen LogP contribution in [0, 0.1) is 5.92 Å². The average Bonchev–Trinajstić information content (AvgIpc) is 2.82. The fourth-order valence-corrected chi connectivity index (χ4v) is 6.18. The number of aromatic nitrogens is 1. The zero-order valence-electron chi connectivity index (χ0n) is 22.7. The lowest BCUT2D eigenvalue weighted by Crippen LogP contribution is -2.53. The lowest BCUT2D eigenvalue weighted by molar-refractivity contribution is 0.0503. The molecule has 8 nitrogen and oxygen atoms in total. The number of alkyl carbamates (subject to hydrolysis) is 1. The lowest BCUT2D eigenvalue weighted by atomic mass is 10.0. The molecule has 2 heterocycles. The van der Waals surface area contributed by atoms with Crippen molar-refractivity contribution in [3.8, 4) is 11.1 Å². The molecule has 0 atom stereocenters. The Morgan fingerprint density at radius 2 is 1.84 bits per heavy atom. The molecule has 0 saturated carbocycles. The number of nitrogens with one attached hydrogen (secondary N) is 1. The van der Waals surface area contributed by atoms with Crippen molar-refractivity contribution in [3.63, 3.8) is 0 Å². The Balaban J connectivity index is 1.44. The third-order valence-electron chi connectivity index (χ3n) is 6.64. The van der Waals surface area contributed by atoms with Gasteiger partial charge in [-0.3, -0.25) is 0 Å². The van der Waals surface area contributed by atoms with Crippen LogP contribution >= 0.6 is 0 Å². The van der Waals surface area contributed by atoms with Crippen LogP contribution < -0.4 is 11.1 Å². The quantitative estimate of drug-likeness (QED) is 0.354. The van der Waals surface area contributed by atoms with Crippen molar-refractivity contribution in [3.05, 3.63) is 54.1 Å². The first-order chi connectivity index (χ1) is 18.0. The Kier molecular flexibility index (Phi) is 8.28. The third-order valence-corrected chi connectivity index (χ3v) is 8.47. The number of carbonyl (C=O) groups excluding carboxylic acids is 1. The van der Waals surface area contributed by atoms with E-state index < -0.39 is 21.7 Å². The highest BCUT2D eigenvalue weighted by molar-refractivity contribution is 7.89. The number of nitrogens with zero attached hydrogens (tertiary/aromatic N) is 2. The van der Waals surface area contributed by atoms with E-state index in [9.17, 15) is 13.2 Å². The topological polar surface area (TPSA) is 115 Å². The minimum atomic E-state index is -3.65. The molecule has 1 fully saturated rings. The second kappa shape index (κ2) is 11.3. The van der Waals surface area contributed by atoms with Crippen molar-refractivity contribution in [1.29, 1.82) is 0 Å². The molecule has 3 aromatic rings. The van der Waals surface area contributed by atoms with Crippen molar-refractivity contribution < 1.29 is 17.9 Å².